The first-order valence-corrected chi connectivity index (χ1v) is 8.76. The molecular weight excluding hydrogens is 306 g/mol. The number of benzene rings is 1. The average molecular weight is 330 g/mol. The van der Waals surface area contributed by atoms with Crippen LogP contribution in [0.25, 0.3) is 5.57 Å². The number of hydrogen-bond acceptors (Lipinski definition) is 3. The Morgan fingerprint density at radius 2 is 1.67 bits per heavy atom. The highest BCUT2D eigenvalue weighted by Crippen LogP contribution is 2.51. The zero-order chi connectivity index (χ0) is 17.2. The second-order valence-electron chi connectivity index (χ2n) is 8.23. The summed E-state index contributed by atoms with van der Waals surface area (Å²) in [7, 11) is -0.951. The van der Waals surface area contributed by atoms with Crippen LogP contribution in [0.4, 0.5) is 4.39 Å². The summed E-state index contributed by atoms with van der Waals surface area (Å²) in [6, 6.07) is 7.69. The summed E-state index contributed by atoms with van der Waals surface area (Å²) in [5, 5.41) is 0. The van der Waals surface area contributed by atoms with E-state index in [1.165, 1.54) is 0 Å². The van der Waals surface area contributed by atoms with E-state index in [1.807, 2.05) is 52.0 Å². The van der Waals surface area contributed by atoms with Gasteiger partial charge < -0.3 is 14.0 Å². The third-order valence-electron chi connectivity index (χ3n) is 6.05. The van der Waals surface area contributed by atoms with Gasteiger partial charge in [-0.25, -0.2) is 4.39 Å². The first-order valence-electron chi connectivity index (χ1n) is 8.76. The minimum absolute atomic E-state index is 0.245. The predicted octanol–water partition coefficient (Wildman–Crippen LogP) is 4.70. The van der Waals surface area contributed by atoms with Crippen LogP contribution in [-0.4, -0.2) is 23.9 Å². The van der Waals surface area contributed by atoms with Crippen molar-refractivity contribution in [2.75, 3.05) is 0 Å². The third-order valence-corrected chi connectivity index (χ3v) is 6.05. The Hall–Kier alpha value is -1.33. The van der Waals surface area contributed by atoms with E-state index in [4.69, 9.17) is 14.0 Å². The van der Waals surface area contributed by atoms with Crippen molar-refractivity contribution in [2.45, 2.75) is 70.2 Å². The molecule has 4 rings (SSSR count). The van der Waals surface area contributed by atoms with Gasteiger partial charge in [0.25, 0.3) is 0 Å². The van der Waals surface area contributed by atoms with Gasteiger partial charge in [0.05, 0.1) is 11.2 Å². The number of hydrogen-bond donors (Lipinski definition) is 0. The monoisotopic (exact) mass is 330 g/mol. The molecule has 1 saturated heterocycles. The first-order chi connectivity index (χ1) is 11.2. The highest BCUT2D eigenvalue weighted by molar-refractivity contribution is 6.55. The highest BCUT2D eigenvalue weighted by Gasteiger charge is 2.54. The molecule has 2 aliphatic heterocycles. The van der Waals surface area contributed by atoms with Gasteiger partial charge in [0.2, 0.25) is 0 Å². The second-order valence-corrected chi connectivity index (χ2v) is 8.23. The van der Waals surface area contributed by atoms with Gasteiger partial charge in [-0.3, -0.25) is 0 Å². The van der Waals surface area contributed by atoms with Crippen molar-refractivity contribution in [1.29, 1.82) is 0 Å². The van der Waals surface area contributed by atoms with Gasteiger partial charge in [0.1, 0.15) is 17.1 Å². The maximum atomic E-state index is 15.4. The van der Waals surface area contributed by atoms with Gasteiger partial charge >= 0.3 is 7.12 Å². The fourth-order valence-electron chi connectivity index (χ4n) is 3.64. The number of para-hydroxylation sites is 1. The quantitative estimate of drug-likeness (QED) is 0.698. The number of ether oxygens (including phenoxy) is 1. The SMILES string of the molecule is CC1(C)OB(C(F)=C2CC3(CCC3)Oc3ccccc32)OC1(C)C. The summed E-state index contributed by atoms with van der Waals surface area (Å²) in [5.74, 6) is 0.769. The largest absolute Gasteiger partial charge is 0.525 e. The van der Waals surface area contributed by atoms with Crippen LogP contribution >= 0.6 is 0 Å². The summed E-state index contributed by atoms with van der Waals surface area (Å²) in [6.45, 7) is 7.76. The van der Waals surface area contributed by atoms with Gasteiger partial charge in [0, 0.05) is 12.0 Å². The molecule has 0 bridgehead atoms. The van der Waals surface area contributed by atoms with Crippen molar-refractivity contribution < 1.29 is 18.4 Å². The Balaban J connectivity index is 1.75. The summed E-state index contributed by atoms with van der Waals surface area (Å²) < 4.78 is 33.5. The van der Waals surface area contributed by atoms with Crippen molar-refractivity contribution in [3.05, 3.63) is 35.6 Å². The maximum Gasteiger partial charge on any atom is 0.525 e. The van der Waals surface area contributed by atoms with Gasteiger partial charge in [-0.05, 0) is 58.6 Å². The molecule has 24 heavy (non-hydrogen) atoms. The van der Waals surface area contributed by atoms with Gasteiger partial charge in [-0.2, -0.15) is 0 Å². The van der Waals surface area contributed by atoms with Crippen molar-refractivity contribution in [3.8, 4) is 5.75 Å². The molecule has 0 atom stereocenters. The fourth-order valence-corrected chi connectivity index (χ4v) is 3.64. The number of rotatable bonds is 1. The highest BCUT2D eigenvalue weighted by atomic mass is 19.1. The summed E-state index contributed by atoms with van der Waals surface area (Å²) in [5.41, 5.74) is -0.152. The van der Waals surface area contributed by atoms with Gasteiger partial charge in [-0.15, -0.1) is 0 Å². The summed E-state index contributed by atoms with van der Waals surface area (Å²) in [4.78, 5) is 0. The molecule has 2 fully saturated rings. The lowest BCUT2D eigenvalue weighted by Gasteiger charge is -2.46. The Labute approximate surface area is 143 Å². The van der Waals surface area contributed by atoms with Gasteiger partial charge in [0.15, 0.2) is 0 Å². The smallest absolute Gasteiger partial charge is 0.486 e. The molecule has 1 spiro atoms. The van der Waals surface area contributed by atoms with E-state index in [2.05, 4.69) is 0 Å². The fraction of sp³-hybridized carbons (Fsp3) is 0.579. The third kappa shape index (κ3) is 2.32. The lowest BCUT2D eigenvalue weighted by Crippen LogP contribution is -2.45. The van der Waals surface area contributed by atoms with Crippen molar-refractivity contribution in [3.63, 3.8) is 0 Å². The van der Waals surface area contributed by atoms with E-state index in [-0.39, 0.29) is 11.3 Å². The van der Waals surface area contributed by atoms with Crippen molar-refractivity contribution in [2.24, 2.45) is 0 Å². The van der Waals surface area contributed by atoms with E-state index in [1.54, 1.807) is 0 Å². The molecular formula is C19H24BFO3. The van der Waals surface area contributed by atoms with Crippen LogP contribution in [0.2, 0.25) is 0 Å². The molecule has 3 aliphatic rings. The summed E-state index contributed by atoms with van der Waals surface area (Å²) >= 11 is 0. The lowest BCUT2D eigenvalue weighted by molar-refractivity contribution is -0.00796. The molecule has 2 heterocycles. The molecule has 1 saturated carbocycles. The van der Waals surface area contributed by atoms with Crippen LogP contribution < -0.4 is 4.74 Å². The van der Waals surface area contributed by atoms with Crippen LogP contribution in [0.1, 0.15) is 58.9 Å². The van der Waals surface area contributed by atoms with E-state index in [0.29, 0.717) is 12.0 Å². The van der Waals surface area contributed by atoms with Gasteiger partial charge in [-0.1, -0.05) is 18.2 Å². The lowest BCUT2D eigenvalue weighted by atomic mass is 9.70. The minimum Gasteiger partial charge on any atom is -0.486 e. The predicted molar refractivity (Wildman–Crippen MR) is 92.4 cm³/mol. The Bertz CT molecular complexity index is 690. The minimum atomic E-state index is -0.951. The topological polar surface area (TPSA) is 27.7 Å². The Morgan fingerprint density at radius 3 is 2.25 bits per heavy atom. The zero-order valence-corrected chi connectivity index (χ0v) is 14.8. The molecule has 5 heteroatoms. The van der Waals surface area contributed by atoms with Crippen LogP contribution in [-0.2, 0) is 9.31 Å². The van der Waals surface area contributed by atoms with Crippen LogP contribution in [0, 0.1) is 0 Å². The molecule has 1 aromatic rings. The number of fused-ring (bicyclic) bond motifs is 1. The van der Waals surface area contributed by atoms with E-state index in [0.717, 1.165) is 30.6 Å². The molecule has 3 nitrogen and oxygen atoms in total. The molecule has 0 amide bonds. The summed E-state index contributed by atoms with van der Waals surface area (Å²) in [6.07, 6.45) is 3.66. The van der Waals surface area contributed by atoms with Crippen LogP contribution in [0.3, 0.4) is 0 Å². The molecule has 128 valence electrons. The van der Waals surface area contributed by atoms with Crippen molar-refractivity contribution in [1.82, 2.24) is 0 Å². The first kappa shape index (κ1) is 16.2. The van der Waals surface area contributed by atoms with E-state index in [9.17, 15) is 0 Å². The Morgan fingerprint density at radius 1 is 1.04 bits per heavy atom. The second kappa shape index (κ2) is 5.09. The molecule has 0 radical (unpaired) electrons. The molecule has 0 unspecified atom stereocenters. The van der Waals surface area contributed by atoms with Crippen LogP contribution in [0.15, 0.2) is 30.0 Å². The average Bonchev–Trinajstić information content (AvgIpc) is 2.72. The Kier molecular flexibility index (Phi) is 3.43. The molecule has 1 aliphatic carbocycles. The molecule has 1 aromatic carbocycles. The molecule has 0 N–H and O–H groups in total. The van der Waals surface area contributed by atoms with E-state index >= 15 is 4.39 Å². The number of halogens is 1. The standard InChI is InChI=1S/C19H24BFO3/c1-17(2)18(3,4)24-20(23-17)16(21)14-12-19(10-7-11-19)22-15-9-6-5-8-13(14)15/h5-6,8-9H,7,10-12H2,1-4H3. The molecule has 0 aromatic heterocycles. The maximum absolute atomic E-state index is 15.4. The van der Waals surface area contributed by atoms with E-state index < -0.39 is 18.3 Å². The van der Waals surface area contributed by atoms with Crippen LogP contribution in [0.5, 0.6) is 5.75 Å². The normalized spacial score (nSPS) is 28.1. The zero-order valence-electron chi connectivity index (χ0n) is 14.8. The van der Waals surface area contributed by atoms with Crippen molar-refractivity contribution >= 4 is 12.7 Å².